The van der Waals surface area contributed by atoms with Crippen LogP contribution >= 0.6 is 0 Å². The minimum atomic E-state index is -0.410. The van der Waals surface area contributed by atoms with E-state index in [4.69, 9.17) is 0 Å². The summed E-state index contributed by atoms with van der Waals surface area (Å²) >= 11 is 0. The number of hydrogen-bond acceptors (Lipinski definition) is 3. The van der Waals surface area contributed by atoms with Gasteiger partial charge in [-0.25, -0.2) is 5.43 Å². The summed E-state index contributed by atoms with van der Waals surface area (Å²) in [5, 5.41) is 7.91. The predicted molar refractivity (Wildman–Crippen MR) is 119 cm³/mol. The predicted octanol–water partition coefficient (Wildman–Crippen LogP) is 4.49. The smallest absolute Gasteiger partial charge is 0.273 e. The molecule has 30 heavy (non-hydrogen) atoms. The summed E-state index contributed by atoms with van der Waals surface area (Å²) in [6, 6.07) is 22.0. The van der Waals surface area contributed by atoms with E-state index >= 15 is 0 Å². The average molecular weight is 396 g/mol. The van der Waals surface area contributed by atoms with Crippen molar-refractivity contribution >= 4 is 34.6 Å². The third-order valence-corrected chi connectivity index (χ3v) is 4.80. The highest BCUT2D eigenvalue weighted by Crippen LogP contribution is 2.18. The van der Waals surface area contributed by atoms with Gasteiger partial charge in [0.15, 0.2) is 0 Å². The summed E-state index contributed by atoms with van der Waals surface area (Å²) in [5.41, 5.74) is 6.57. The summed E-state index contributed by atoms with van der Waals surface area (Å²) in [5.74, 6) is -0.678. The lowest BCUT2D eigenvalue weighted by Gasteiger charge is -2.11. The first-order chi connectivity index (χ1) is 14.6. The number of para-hydroxylation sites is 2. The molecule has 3 N–H and O–H groups in total. The largest absolute Gasteiger partial charge is 0.361 e. The Morgan fingerprint density at radius 3 is 2.40 bits per heavy atom. The van der Waals surface area contributed by atoms with Gasteiger partial charge in [0.05, 0.1) is 17.5 Å². The number of hydrogen-bond donors (Lipinski definition) is 3. The van der Waals surface area contributed by atoms with Gasteiger partial charge in [-0.2, -0.15) is 5.10 Å². The molecule has 1 aromatic heterocycles. The molecule has 0 aliphatic heterocycles. The molecule has 0 spiro atoms. The maximum atomic E-state index is 12.7. The monoisotopic (exact) mass is 396 g/mol. The van der Waals surface area contributed by atoms with Gasteiger partial charge in [-0.1, -0.05) is 48.5 Å². The summed E-state index contributed by atoms with van der Waals surface area (Å²) in [7, 11) is 0. The summed E-state index contributed by atoms with van der Waals surface area (Å²) in [6.45, 7) is 1.87. The second kappa shape index (κ2) is 8.45. The zero-order valence-electron chi connectivity index (χ0n) is 16.3. The molecule has 0 aliphatic carbocycles. The van der Waals surface area contributed by atoms with Crippen LogP contribution in [-0.4, -0.2) is 23.0 Å². The fraction of sp³-hybridized carbons (Fsp3) is 0.0417. The van der Waals surface area contributed by atoms with Gasteiger partial charge in [0.2, 0.25) is 0 Å². The van der Waals surface area contributed by atoms with Crippen LogP contribution in [0.4, 0.5) is 5.69 Å². The molecule has 4 rings (SSSR count). The fourth-order valence-corrected chi connectivity index (χ4v) is 3.23. The topological polar surface area (TPSA) is 86.3 Å². The second-order valence-electron chi connectivity index (χ2n) is 6.80. The van der Waals surface area contributed by atoms with E-state index in [0.717, 1.165) is 22.0 Å². The minimum Gasteiger partial charge on any atom is -0.361 e. The molecule has 1 heterocycles. The summed E-state index contributed by atoms with van der Waals surface area (Å²) < 4.78 is 0. The van der Waals surface area contributed by atoms with Crippen LogP contribution in [0, 0.1) is 6.92 Å². The molecule has 0 fully saturated rings. The van der Waals surface area contributed by atoms with E-state index in [0.29, 0.717) is 16.8 Å². The van der Waals surface area contributed by atoms with Crippen LogP contribution in [0.25, 0.3) is 10.9 Å². The number of anilines is 1. The van der Waals surface area contributed by atoms with Crippen molar-refractivity contribution in [2.24, 2.45) is 5.10 Å². The molecular weight excluding hydrogens is 376 g/mol. The molecule has 148 valence electrons. The maximum Gasteiger partial charge on any atom is 0.273 e. The van der Waals surface area contributed by atoms with Crippen LogP contribution < -0.4 is 10.7 Å². The molecule has 2 amide bonds. The Hall–Kier alpha value is -4.19. The lowest BCUT2D eigenvalue weighted by atomic mass is 10.1. The molecule has 0 radical (unpaired) electrons. The first-order valence-electron chi connectivity index (χ1n) is 9.49. The van der Waals surface area contributed by atoms with E-state index in [9.17, 15) is 9.59 Å². The van der Waals surface area contributed by atoms with Crippen molar-refractivity contribution in [1.29, 1.82) is 0 Å². The standard InChI is InChI=1S/C24H20N4O2/c1-16-8-2-3-9-18(16)23(29)27-22-13-7-5-11-20(22)24(30)28-26-15-17-14-25-21-12-6-4-10-19(17)21/h2-15,25H,1H3,(H,27,29)(H,28,30)/b26-15+. The molecule has 0 saturated heterocycles. The Morgan fingerprint density at radius 1 is 0.867 bits per heavy atom. The molecule has 0 aliphatic rings. The number of H-pyrrole nitrogens is 1. The highest BCUT2D eigenvalue weighted by molar-refractivity contribution is 6.09. The van der Waals surface area contributed by atoms with E-state index in [1.807, 2.05) is 49.5 Å². The van der Waals surface area contributed by atoms with Crippen molar-refractivity contribution in [3.05, 3.63) is 101 Å². The van der Waals surface area contributed by atoms with E-state index in [1.54, 1.807) is 42.6 Å². The Balaban J connectivity index is 1.49. The minimum absolute atomic E-state index is 0.268. The molecule has 6 heteroatoms. The number of benzene rings is 3. The molecule has 0 bridgehead atoms. The van der Waals surface area contributed by atoms with E-state index in [1.165, 1.54) is 0 Å². The zero-order chi connectivity index (χ0) is 20.9. The first-order valence-corrected chi connectivity index (χ1v) is 9.49. The van der Waals surface area contributed by atoms with Gasteiger partial charge in [0, 0.05) is 28.2 Å². The van der Waals surface area contributed by atoms with Crippen LogP contribution in [0.2, 0.25) is 0 Å². The average Bonchev–Trinajstić information content (AvgIpc) is 3.17. The number of aromatic nitrogens is 1. The number of nitrogens with one attached hydrogen (secondary N) is 3. The van der Waals surface area contributed by atoms with Crippen molar-refractivity contribution in [2.75, 3.05) is 5.32 Å². The number of aryl methyl sites for hydroxylation is 1. The van der Waals surface area contributed by atoms with Gasteiger partial charge in [0.25, 0.3) is 11.8 Å². The molecule has 6 nitrogen and oxygen atoms in total. The highest BCUT2D eigenvalue weighted by Gasteiger charge is 2.14. The van der Waals surface area contributed by atoms with Crippen LogP contribution in [0.5, 0.6) is 0 Å². The van der Waals surface area contributed by atoms with Crippen LogP contribution in [0.3, 0.4) is 0 Å². The molecule has 3 aromatic carbocycles. The zero-order valence-corrected chi connectivity index (χ0v) is 16.3. The van der Waals surface area contributed by atoms with Gasteiger partial charge in [-0.05, 0) is 36.8 Å². The quantitative estimate of drug-likeness (QED) is 0.343. The van der Waals surface area contributed by atoms with Crippen molar-refractivity contribution in [1.82, 2.24) is 10.4 Å². The lowest BCUT2D eigenvalue weighted by Crippen LogP contribution is -2.21. The Morgan fingerprint density at radius 2 is 1.57 bits per heavy atom. The van der Waals surface area contributed by atoms with Crippen LogP contribution in [-0.2, 0) is 0 Å². The first kappa shape index (κ1) is 19.1. The Kier molecular flexibility index (Phi) is 5.39. The van der Waals surface area contributed by atoms with Gasteiger partial charge < -0.3 is 10.3 Å². The van der Waals surface area contributed by atoms with E-state index < -0.39 is 5.91 Å². The van der Waals surface area contributed by atoms with Crippen LogP contribution in [0.15, 0.2) is 84.1 Å². The SMILES string of the molecule is Cc1ccccc1C(=O)Nc1ccccc1C(=O)N/N=C/c1c[nH]c2ccccc12. The van der Waals surface area contributed by atoms with Crippen molar-refractivity contribution in [3.63, 3.8) is 0 Å². The maximum absolute atomic E-state index is 12.7. The van der Waals surface area contributed by atoms with E-state index in [2.05, 4.69) is 20.8 Å². The third-order valence-electron chi connectivity index (χ3n) is 4.80. The lowest BCUT2D eigenvalue weighted by molar-refractivity contribution is 0.0956. The van der Waals surface area contributed by atoms with Gasteiger partial charge in [0.1, 0.15) is 0 Å². The molecule has 0 unspecified atom stereocenters. The van der Waals surface area contributed by atoms with Gasteiger partial charge in [-0.15, -0.1) is 0 Å². The second-order valence-corrected chi connectivity index (χ2v) is 6.80. The molecular formula is C24H20N4O2. The number of amides is 2. The number of carbonyl (C=O) groups is 2. The normalized spacial score (nSPS) is 11.0. The summed E-state index contributed by atoms with van der Waals surface area (Å²) in [4.78, 5) is 28.4. The molecule has 4 aromatic rings. The van der Waals surface area contributed by atoms with Crippen molar-refractivity contribution < 1.29 is 9.59 Å². The Labute approximate surface area is 173 Å². The van der Waals surface area contributed by atoms with Crippen molar-refractivity contribution in [3.8, 4) is 0 Å². The third kappa shape index (κ3) is 3.98. The van der Waals surface area contributed by atoms with E-state index in [-0.39, 0.29) is 5.91 Å². The van der Waals surface area contributed by atoms with Crippen molar-refractivity contribution in [2.45, 2.75) is 6.92 Å². The number of rotatable bonds is 5. The number of nitrogens with zero attached hydrogens (tertiary/aromatic N) is 1. The Bertz CT molecular complexity index is 1260. The number of hydrazone groups is 1. The highest BCUT2D eigenvalue weighted by atomic mass is 16.2. The number of carbonyl (C=O) groups excluding carboxylic acids is 2. The van der Waals surface area contributed by atoms with Gasteiger partial charge in [-0.3, -0.25) is 9.59 Å². The van der Waals surface area contributed by atoms with Crippen LogP contribution in [0.1, 0.15) is 31.8 Å². The van der Waals surface area contributed by atoms with Gasteiger partial charge >= 0.3 is 0 Å². The number of fused-ring (bicyclic) bond motifs is 1. The molecule has 0 saturated carbocycles. The number of aromatic amines is 1. The fourth-order valence-electron chi connectivity index (χ4n) is 3.23. The summed E-state index contributed by atoms with van der Waals surface area (Å²) in [6.07, 6.45) is 3.42. The molecule has 0 atom stereocenters.